The third-order valence-corrected chi connectivity index (χ3v) is 5.08. The molecule has 4 rings (SSSR count). The summed E-state index contributed by atoms with van der Waals surface area (Å²) in [6, 6.07) is 15.6. The maximum atomic E-state index is 13.4. The lowest BCUT2D eigenvalue weighted by Crippen LogP contribution is -2.15. The molecule has 0 aliphatic rings. The van der Waals surface area contributed by atoms with Crippen LogP contribution in [0.4, 0.5) is 10.1 Å². The van der Waals surface area contributed by atoms with Gasteiger partial charge in [0.1, 0.15) is 23.9 Å². The van der Waals surface area contributed by atoms with Crippen molar-refractivity contribution in [2.45, 2.75) is 27.4 Å². The Labute approximate surface area is 173 Å². The number of rotatable bonds is 5. The van der Waals surface area contributed by atoms with Crippen molar-refractivity contribution >= 4 is 22.4 Å². The zero-order valence-corrected chi connectivity index (χ0v) is 17.0. The van der Waals surface area contributed by atoms with E-state index in [1.807, 2.05) is 44.2 Å². The van der Waals surface area contributed by atoms with Crippen LogP contribution in [-0.4, -0.2) is 11.1 Å². The number of hydrogen-bond donors (Lipinski definition) is 1. The van der Waals surface area contributed by atoms with Crippen LogP contribution in [0.15, 0.2) is 59.1 Å². The van der Waals surface area contributed by atoms with Crippen molar-refractivity contribution in [2.24, 2.45) is 0 Å². The van der Waals surface area contributed by atoms with Gasteiger partial charge in [-0.25, -0.2) is 4.39 Å². The summed E-state index contributed by atoms with van der Waals surface area (Å²) in [7, 11) is 0. The van der Waals surface area contributed by atoms with Gasteiger partial charge < -0.3 is 14.6 Å². The minimum Gasteiger partial charge on any atom is -0.488 e. The largest absolute Gasteiger partial charge is 0.488 e. The molecule has 0 bridgehead atoms. The smallest absolute Gasteiger partial charge is 0.259 e. The van der Waals surface area contributed by atoms with Crippen molar-refractivity contribution < 1.29 is 18.4 Å². The molecule has 0 spiro atoms. The van der Waals surface area contributed by atoms with E-state index in [-0.39, 0.29) is 18.3 Å². The Bertz CT molecular complexity index is 1230. The van der Waals surface area contributed by atoms with Gasteiger partial charge in [-0.2, -0.15) is 0 Å². The van der Waals surface area contributed by atoms with E-state index in [1.165, 1.54) is 12.1 Å². The minimum absolute atomic E-state index is 0.232. The molecule has 3 aromatic carbocycles. The van der Waals surface area contributed by atoms with E-state index in [2.05, 4.69) is 10.5 Å². The topological polar surface area (TPSA) is 64.4 Å². The Kier molecular flexibility index (Phi) is 5.23. The predicted octanol–water partition coefficient (Wildman–Crippen LogP) is 5.72. The highest BCUT2D eigenvalue weighted by Gasteiger charge is 2.17. The molecule has 0 radical (unpaired) electrons. The molecule has 0 unspecified atom stereocenters. The third kappa shape index (κ3) is 3.89. The molecular formula is C24H21FN2O3. The highest BCUT2D eigenvalue weighted by molar-refractivity contribution is 6.09. The van der Waals surface area contributed by atoms with Crippen molar-refractivity contribution in [1.82, 2.24) is 5.16 Å². The second-order valence-electron chi connectivity index (χ2n) is 7.20. The first kappa shape index (κ1) is 19.6. The van der Waals surface area contributed by atoms with E-state index in [4.69, 9.17) is 9.26 Å². The van der Waals surface area contributed by atoms with Crippen LogP contribution in [0.1, 0.15) is 32.9 Å². The summed E-state index contributed by atoms with van der Waals surface area (Å²) in [5.74, 6) is 0.455. The maximum absolute atomic E-state index is 13.4. The number of carbonyl (C=O) groups is 1. The molecule has 152 valence electrons. The number of aromatic nitrogens is 1. The normalized spacial score (nSPS) is 10.9. The van der Waals surface area contributed by atoms with Gasteiger partial charge in [-0.15, -0.1) is 0 Å². The highest BCUT2D eigenvalue weighted by atomic mass is 19.1. The molecule has 0 fully saturated rings. The van der Waals surface area contributed by atoms with E-state index >= 15 is 0 Å². The molecule has 0 aliphatic carbocycles. The summed E-state index contributed by atoms with van der Waals surface area (Å²) in [4.78, 5) is 13.1. The first-order valence-corrected chi connectivity index (χ1v) is 9.57. The fourth-order valence-electron chi connectivity index (χ4n) is 3.33. The molecule has 1 amide bonds. The van der Waals surface area contributed by atoms with E-state index in [0.29, 0.717) is 28.3 Å². The number of halogens is 1. The van der Waals surface area contributed by atoms with Crippen molar-refractivity contribution in [3.63, 3.8) is 0 Å². The molecule has 30 heavy (non-hydrogen) atoms. The maximum Gasteiger partial charge on any atom is 0.259 e. The number of anilines is 1. The van der Waals surface area contributed by atoms with Gasteiger partial charge in [0.25, 0.3) is 5.91 Å². The molecular weight excluding hydrogens is 383 g/mol. The highest BCUT2D eigenvalue weighted by Crippen LogP contribution is 2.29. The predicted molar refractivity (Wildman–Crippen MR) is 113 cm³/mol. The number of nitrogens with zero attached hydrogens (tertiary/aromatic N) is 1. The van der Waals surface area contributed by atoms with Crippen molar-refractivity contribution in [2.75, 3.05) is 5.32 Å². The van der Waals surface area contributed by atoms with Crippen LogP contribution in [0.2, 0.25) is 0 Å². The van der Waals surface area contributed by atoms with Crippen LogP contribution in [0.25, 0.3) is 10.8 Å². The van der Waals surface area contributed by atoms with Crippen molar-refractivity contribution in [3.8, 4) is 5.75 Å². The summed E-state index contributed by atoms with van der Waals surface area (Å²) in [6.45, 7) is 5.65. The van der Waals surface area contributed by atoms with Crippen LogP contribution < -0.4 is 10.1 Å². The van der Waals surface area contributed by atoms with Crippen LogP contribution >= 0.6 is 0 Å². The Hall–Kier alpha value is -3.67. The third-order valence-electron chi connectivity index (χ3n) is 5.08. The molecule has 4 aromatic rings. The lowest BCUT2D eigenvalue weighted by Gasteiger charge is -2.14. The first-order chi connectivity index (χ1) is 14.4. The van der Waals surface area contributed by atoms with Gasteiger partial charge in [-0.3, -0.25) is 4.79 Å². The standard InChI is InChI=1S/C24H21FN2O3/c1-14-10-19(25)8-9-22(14)26-24(28)20-11-17-6-4-5-7-18(17)12-23(20)29-13-21-15(2)27-30-16(21)3/h4-12H,13H2,1-3H3,(H,26,28). The molecule has 6 heteroatoms. The van der Waals surface area contributed by atoms with Crippen LogP contribution in [0, 0.1) is 26.6 Å². The molecule has 1 aromatic heterocycles. The van der Waals surface area contributed by atoms with Crippen LogP contribution in [-0.2, 0) is 6.61 Å². The molecule has 0 atom stereocenters. The number of aryl methyl sites for hydroxylation is 3. The molecule has 0 saturated heterocycles. The van der Waals surface area contributed by atoms with Gasteiger partial charge in [0.05, 0.1) is 16.8 Å². The van der Waals surface area contributed by atoms with Crippen LogP contribution in [0.3, 0.4) is 0 Å². The van der Waals surface area contributed by atoms with Gasteiger partial charge in [-0.05, 0) is 67.4 Å². The number of amides is 1. The van der Waals surface area contributed by atoms with E-state index in [0.717, 1.165) is 22.0 Å². The fourth-order valence-corrected chi connectivity index (χ4v) is 3.33. The average molecular weight is 404 g/mol. The second kappa shape index (κ2) is 7.99. The Morgan fingerprint density at radius 2 is 1.80 bits per heavy atom. The van der Waals surface area contributed by atoms with Gasteiger partial charge in [0.15, 0.2) is 0 Å². The molecule has 1 N–H and O–H groups in total. The van der Waals surface area contributed by atoms with Gasteiger partial charge in [0, 0.05) is 5.69 Å². The fraction of sp³-hybridized carbons (Fsp3) is 0.167. The molecule has 0 saturated carbocycles. The summed E-state index contributed by atoms with van der Waals surface area (Å²) in [5, 5.41) is 8.68. The van der Waals surface area contributed by atoms with Gasteiger partial charge >= 0.3 is 0 Å². The number of ether oxygens (including phenoxy) is 1. The summed E-state index contributed by atoms with van der Waals surface area (Å²) < 4.78 is 24.6. The number of carbonyl (C=O) groups excluding carboxylic acids is 1. The number of benzene rings is 3. The Morgan fingerprint density at radius 1 is 1.07 bits per heavy atom. The first-order valence-electron chi connectivity index (χ1n) is 9.57. The Morgan fingerprint density at radius 3 is 2.47 bits per heavy atom. The average Bonchev–Trinajstić information content (AvgIpc) is 3.05. The number of hydrogen-bond acceptors (Lipinski definition) is 4. The zero-order valence-electron chi connectivity index (χ0n) is 17.0. The zero-order chi connectivity index (χ0) is 21.3. The van der Waals surface area contributed by atoms with Gasteiger partial charge in [0.2, 0.25) is 0 Å². The summed E-state index contributed by atoms with van der Waals surface area (Å²) in [6.07, 6.45) is 0. The molecule has 5 nitrogen and oxygen atoms in total. The minimum atomic E-state index is -0.348. The van der Waals surface area contributed by atoms with E-state index < -0.39 is 0 Å². The lowest BCUT2D eigenvalue weighted by atomic mass is 10.0. The van der Waals surface area contributed by atoms with E-state index in [9.17, 15) is 9.18 Å². The van der Waals surface area contributed by atoms with Crippen molar-refractivity contribution in [3.05, 3.63) is 88.6 Å². The SMILES string of the molecule is Cc1cc(F)ccc1NC(=O)c1cc2ccccc2cc1OCc1c(C)noc1C. The molecule has 1 heterocycles. The quantitative estimate of drug-likeness (QED) is 0.462. The van der Waals surface area contributed by atoms with Crippen LogP contribution in [0.5, 0.6) is 5.75 Å². The molecule has 0 aliphatic heterocycles. The van der Waals surface area contributed by atoms with Gasteiger partial charge in [-0.1, -0.05) is 29.4 Å². The second-order valence-corrected chi connectivity index (χ2v) is 7.20. The Balaban J connectivity index is 1.69. The van der Waals surface area contributed by atoms with Crippen molar-refractivity contribution in [1.29, 1.82) is 0 Å². The number of fused-ring (bicyclic) bond motifs is 1. The summed E-state index contributed by atoms with van der Waals surface area (Å²) >= 11 is 0. The van der Waals surface area contributed by atoms with E-state index in [1.54, 1.807) is 19.1 Å². The monoisotopic (exact) mass is 404 g/mol. The summed E-state index contributed by atoms with van der Waals surface area (Å²) in [5.41, 5.74) is 3.18. The number of nitrogens with one attached hydrogen (secondary N) is 1. The lowest BCUT2D eigenvalue weighted by molar-refractivity contribution is 0.102.